The van der Waals surface area contributed by atoms with E-state index in [4.69, 9.17) is 16.6 Å². The number of likely N-dealkylation sites (tertiary alicyclic amines) is 2. The summed E-state index contributed by atoms with van der Waals surface area (Å²) >= 11 is 8.03. The molecule has 73 heavy (non-hydrogen) atoms. The lowest BCUT2D eigenvalue weighted by molar-refractivity contribution is -0.133. The number of hydrogen-bond donors (Lipinski definition) is 3. The summed E-state index contributed by atoms with van der Waals surface area (Å²) in [7, 11) is 0. The Morgan fingerprint density at radius 3 is 2.22 bits per heavy atom. The number of aromatic hydroxyl groups is 2. The fraction of sp³-hybridized carbons (Fsp3) is 0.473. The number of carbonyl (C=O) groups excluding carboxylic acids is 2. The van der Waals surface area contributed by atoms with Gasteiger partial charge in [0.1, 0.15) is 28.4 Å². The first-order chi connectivity index (χ1) is 35.3. The van der Waals surface area contributed by atoms with E-state index in [9.17, 15) is 19.8 Å². The van der Waals surface area contributed by atoms with Crippen molar-refractivity contribution in [3.63, 3.8) is 0 Å². The van der Waals surface area contributed by atoms with Gasteiger partial charge in [0, 0.05) is 98.2 Å². The minimum atomic E-state index is -0.484. The monoisotopic (exact) mass is 1030 g/mol. The van der Waals surface area contributed by atoms with Crippen LogP contribution in [0.3, 0.4) is 0 Å². The first-order valence-electron chi connectivity index (χ1n) is 26.0. The van der Waals surface area contributed by atoms with Gasteiger partial charge in [0.25, 0.3) is 5.91 Å². The van der Waals surface area contributed by atoms with Crippen molar-refractivity contribution in [1.29, 1.82) is 0 Å². The number of aryl methyl sites for hydroxylation is 2. The number of phenolic OH excluding ortho intramolecular Hbond substituents is 2. The molecule has 3 fully saturated rings. The largest absolute Gasteiger partial charge is 0.508 e. The van der Waals surface area contributed by atoms with Gasteiger partial charge in [-0.3, -0.25) is 28.6 Å². The molecule has 0 aliphatic carbocycles. The van der Waals surface area contributed by atoms with Crippen LogP contribution in [0.25, 0.3) is 22.1 Å². The number of nitrogens with zero attached hydrogens (tertiary/aromatic N) is 11. The predicted molar refractivity (Wildman–Crippen MR) is 286 cm³/mol. The van der Waals surface area contributed by atoms with Crippen LogP contribution in [0.1, 0.15) is 119 Å². The quantitative estimate of drug-likeness (QED) is 0.0960. The van der Waals surface area contributed by atoms with Gasteiger partial charge in [0.05, 0.1) is 17.7 Å². The van der Waals surface area contributed by atoms with Crippen LogP contribution in [0.15, 0.2) is 65.7 Å². The minimum absolute atomic E-state index is 0.00555. The van der Waals surface area contributed by atoms with Gasteiger partial charge in [-0.05, 0) is 118 Å². The molecule has 16 nitrogen and oxygen atoms in total. The second kappa shape index (κ2) is 21.9. The third-order valence-electron chi connectivity index (χ3n) is 15.3. The number of aromatic nitrogens is 6. The van der Waals surface area contributed by atoms with Crippen molar-refractivity contribution in [3.8, 4) is 33.6 Å². The van der Waals surface area contributed by atoms with Crippen LogP contribution in [0.4, 0.5) is 0 Å². The van der Waals surface area contributed by atoms with Crippen LogP contribution in [-0.2, 0) is 11.3 Å². The topological polar surface area (TPSA) is 173 Å². The summed E-state index contributed by atoms with van der Waals surface area (Å²) < 4.78 is 3.81. The Balaban J connectivity index is 0.748. The van der Waals surface area contributed by atoms with E-state index in [1.54, 1.807) is 22.0 Å². The van der Waals surface area contributed by atoms with Crippen LogP contribution in [-0.4, -0.2) is 149 Å². The maximum Gasteiger partial charge on any atom is 0.289 e. The van der Waals surface area contributed by atoms with E-state index in [1.165, 1.54) is 35.8 Å². The normalized spacial score (nSPS) is 18.2. The molecule has 18 heteroatoms. The number of benzene rings is 3. The molecule has 0 saturated carbocycles. The number of piperidine rings is 2. The lowest BCUT2D eigenvalue weighted by atomic mass is 9.95. The van der Waals surface area contributed by atoms with Gasteiger partial charge in [-0.2, -0.15) is 0 Å². The van der Waals surface area contributed by atoms with Gasteiger partial charge >= 0.3 is 0 Å². The molecule has 0 bridgehead atoms. The number of fused-ring (bicyclic) bond motifs is 3. The molecule has 10 rings (SSSR count). The molecule has 7 heterocycles. The number of rotatable bonds is 14. The van der Waals surface area contributed by atoms with E-state index in [0.29, 0.717) is 45.9 Å². The Labute approximate surface area is 436 Å². The molecule has 4 aliphatic heterocycles. The molecule has 4 aliphatic rings. The molecule has 3 N–H and O–H groups in total. The molecule has 0 spiro atoms. The molecule has 0 unspecified atom stereocenters. The number of thiophene rings is 1. The Hall–Kier alpha value is -5.98. The number of amides is 2. The van der Waals surface area contributed by atoms with Gasteiger partial charge in [-0.15, -0.1) is 31.7 Å². The number of nitrogens with one attached hydrogen (secondary N) is 1. The van der Waals surface area contributed by atoms with Crippen molar-refractivity contribution in [2.45, 2.75) is 91.6 Å². The third-order valence-corrected chi connectivity index (χ3v) is 16.8. The first kappa shape index (κ1) is 50.5. The third kappa shape index (κ3) is 10.8. The molecule has 1 atom stereocenters. The van der Waals surface area contributed by atoms with E-state index in [-0.39, 0.29) is 41.5 Å². The molecule has 3 saturated heterocycles. The first-order valence-corrected chi connectivity index (χ1v) is 27.2. The highest BCUT2D eigenvalue weighted by Crippen LogP contribution is 2.41. The van der Waals surface area contributed by atoms with Gasteiger partial charge < -0.3 is 30.2 Å². The summed E-state index contributed by atoms with van der Waals surface area (Å²) in [5, 5.41) is 44.4. The summed E-state index contributed by atoms with van der Waals surface area (Å²) in [6.07, 6.45) is 5.76. The zero-order valence-corrected chi connectivity index (χ0v) is 44.2. The average molecular weight is 1030 g/mol. The molecule has 6 aromatic rings. The van der Waals surface area contributed by atoms with Gasteiger partial charge in [-0.1, -0.05) is 56.1 Å². The van der Waals surface area contributed by atoms with E-state index in [0.717, 1.165) is 118 Å². The highest BCUT2D eigenvalue weighted by molar-refractivity contribution is 7.15. The molecule has 2 amide bonds. The van der Waals surface area contributed by atoms with Crippen LogP contribution < -0.4 is 5.32 Å². The highest BCUT2D eigenvalue weighted by atomic mass is 35.5. The number of carbonyl (C=O) groups is 2. The number of phenols is 2. The van der Waals surface area contributed by atoms with Crippen molar-refractivity contribution in [1.82, 2.24) is 54.4 Å². The predicted octanol–water partition coefficient (Wildman–Crippen LogP) is 8.24. The summed E-state index contributed by atoms with van der Waals surface area (Å²) in [4.78, 5) is 43.9. The maximum atomic E-state index is 14.2. The van der Waals surface area contributed by atoms with E-state index in [2.05, 4.69) is 71.0 Å². The number of aliphatic imine (C=N–C) groups is 1. The van der Waals surface area contributed by atoms with E-state index in [1.807, 2.05) is 62.1 Å². The number of piperazine rings is 1. The SMILES string of the molecule is Cc1sc2c(c1C)C(c1ccc(Cl)cc1)=N[C@@H](CC(=O)N1CCC(CN3CCN(Cc4ccc(-n5c(C(=O)NCCN6CCCCC6)nnc5-c5cc(C(C)C)c(O)cc5O)cc4)CC3)CC1)c1nnc(C)n1-2. The molecular formula is C55H67ClN12O4S. The van der Waals surface area contributed by atoms with Gasteiger partial charge in [0.2, 0.25) is 11.7 Å². The second-order valence-electron chi connectivity index (χ2n) is 20.6. The Morgan fingerprint density at radius 2 is 1.51 bits per heavy atom. The van der Waals surface area contributed by atoms with Crippen molar-refractivity contribution in [2.24, 2.45) is 10.9 Å². The van der Waals surface area contributed by atoms with Crippen molar-refractivity contribution in [3.05, 3.63) is 116 Å². The molecular weight excluding hydrogens is 960 g/mol. The zero-order valence-electron chi connectivity index (χ0n) is 42.6. The smallest absolute Gasteiger partial charge is 0.289 e. The second-order valence-corrected chi connectivity index (χ2v) is 22.2. The number of halogens is 1. The Morgan fingerprint density at radius 1 is 0.795 bits per heavy atom. The number of hydrogen-bond acceptors (Lipinski definition) is 13. The minimum Gasteiger partial charge on any atom is -0.508 e. The summed E-state index contributed by atoms with van der Waals surface area (Å²) in [5.41, 5.74) is 6.94. The van der Waals surface area contributed by atoms with E-state index >= 15 is 0 Å². The van der Waals surface area contributed by atoms with Gasteiger partial charge in [0.15, 0.2) is 11.6 Å². The van der Waals surface area contributed by atoms with Crippen molar-refractivity contribution >= 4 is 40.5 Å². The van der Waals surface area contributed by atoms with Crippen LogP contribution in [0.2, 0.25) is 5.02 Å². The van der Waals surface area contributed by atoms with Crippen LogP contribution >= 0.6 is 22.9 Å². The standard InChI is InChI=1S/C55H67ClN12O4S/c1-34(2)43-29-44(47(70)31-46(43)69)51-60-62-53(54(72)57-19-24-63-20-7-6-8-21-63)68(51)42-15-9-38(10-16-42)32-64-25-27-65(28-26-64)33-39-17-22-66(23-18-39)48(71)30-45-52-61-59-37(5)67(52)55-49(35(3)36(4)73-55)50(58-45)40-11-13-41(56)14-12-40/h9-16,29,31,34,39,45,69-70H,6-8,17-28,30,32-33H2,1-5H3,(H,57,72)/t45-/m0/s1. The molecule has 0 radical (unpaired) electrons. The zero-order chi connectivity index (χ0) is 50.9. The Bertz CT molecular complexity index is 2980. The fourth-order valence-corrected chi connectivity index (χ4v) is 12.3. The summed E-state index contributed by atoms with van der Waals surface area (Å²) in [5.74, 6) is 2.06. The Kier molecular flexibility index (Phi) is 15.1. The summed E-state index contributed by atoms with van der Waals surface area (Å²) in [6.45, 7) is 20.6. The molecule has 384 valence electrons. The lowest BCUT2D eigenvalue weighted by Gasteiger charge is -2.39. The van der Waals surface area contributed by atoms with Crippen molar-refractivity contribution in [2.75, 3.05) is 72.0 Å². The summed E-state index contributed by atoms with van der Waals surface area (Å²) in [6, 6.07) is 18.5. The van der Waals surface area contributed by atoms with E-state index < -0.39 is 6.04 Å². The van der Waals surface area contributed by atoms with Crippen LogP contribution in [0.5, 0.6) is 11.5 Å². The van der Waals surface area contributed by atoms with Gasteiger partial charge in [-0.25, -0.2) is 0 Å². The van der Waals surface area contributed by atoms with Crippen molar-refractivity contribution < 1.29 is 19.8 Å². The molecule has 3 aromatic heterocycles. The fourth-order valence-electron chi connectivity index (χ4n) is 11.0. The maximum absolute atomic E-state index is 14.2. The molecule has 3 aromatic carbocycles. The average Bonchev–Trinajstić information content (AvgIpc) is 4.06. The highest BCUT2D eigenvalue weighted by Gasteiger charge is 2.35. The lowest BCUT2D eigenvalue weighted by Crippen LogP contribution is -2.48. The van der Waals surface area contributed by atoms with Crippen LogP contribution in [0, 0.1) is 26.7 Å².